The van der Waals surface area contributed by atoms with Crippen LogP contribution in [0.4, 0.5) is 0 Å². The van der Waals surface area contributed by atoms with Crippen LogP contribution in [0.25, 0.3) is 0 Å². The Kier molecular flexibility index (Phi) is 15.4. The van der Waals surface area contributed by atoms with Crippen molar-refractivity contribution in [3.05, 3.63) is 0 Å². The molecule has 0 fully saturated rings. The standard InChI is InChI=1S/C19H38O5/c1-24-18(20)16-14-12-10-8-6-4-2-3-5-7-9-11-13-15-17-19(21,22)23/h21-23H,2-17H2,1H3. The number of methoxy groups -OCH3 is 1. The number of hydrogen-bond acceptors (Lipinski definition) is 5. The quantitative estimate of drug-likeness (QED) is 0.210. The summed E-state index contributed by atoms with van der Waals surface area (Å²) in [6, 6.07) is 0. The summed E-state index contributed by atoms with van der Waals surface area (Å²) >= 11 is 0. The van der Waals surface area contributed by atoms with Crippen LogP contribution < -0.4 is 0 Å². The van der Waals surface area contributed by atoms with E-state index in [1.165, 1.54) is 64.9 Å². The minimum absolute atomic E-state index is 0.0374. The van der Waals surface area contributed by atoms with Gasteiger partial charge in [-0.25, -0.2) is 0 Å². The van der Waals surface area contributed by atoms with E-state index >= 15 is 0 Å². The average molecular weight is 347 g/mol. The van der Waals surface area contributed by atoms with Gasteiger partial charge >= 0.3 is 5.97 Å². The van der Waals surface area contributed by atoms with Gasteiger partial charge in [0.2, 0.25) is 0 Å². The molecule has 0 unspecified atom stereocenters. The third-order valence-electron chi connectivity index (χ3n) is 4.37. The highest BCUT2D eigenvalue weighted by molar-refractivity contribution is 5.68. The Morgan fingerprint density at radius 1 is 0.667 bits per heavy atom. The molecule has 0 aliphatic rings. The normalized spacial score (nSPS) is 11.7. The van der Waals surface area contributed by atoms with Crippen LogP contribution in [0.15, 0.2) is 0 Å². The lowest BCUT2D eigenvalue weighted by Gasteiger charge is -2.12. The van der Waals surface area contributed by atoms with Crippen LogP contribution in [0.3, 0.4) is 0 Å². The Hall–Kier alpha value is -0.650. The number of ether oxygens (including phenoxy) is 1. The van der Waals surface area contributed by atoms with Crippen LogP contribution in [0.5, 0.6) is 0 Å². The molecular weight excluding hydrogens is 308 g/mol. The Balaban J connectivity index is 3.06. The zero-order chi connectivity index (χ0) is 18.1. The molecule has 0 radical (unpaired) electrons. The fourth-order valence-corrected chi connectivity index (χ4v) is 2.85. The second-order valence-corrected chi connectivity index (χ2v) is 6.80. The minimum atomic E-state index is -2.48. The molecule has 144 valence electrons. The molecular formula is C19H38O5. The lowest BCUT2D eigenvalue weighted by Crippen LogP contribution is -2.26. The number of aliphatic hydroxyl groups is 3. The largest absolute Gasteiger partial charge is 0.469 e. The van der Waals surface area contributed by atoms with Crippen LogP contribution in [0.1, 0.15) is 103 Å². The molecule has 0 heterocycles. The van der Waals surface area contributed by atoms with E-state index in [4.69, 9.17) is 15.3 Å². The summed E-state index contributed by atoms with van der Waals surface area (Å²) in [6.07, 6.45) is 16.8. The molecule has 0 spiro atoms. The molecule has 0 atom stereocenters. The van der Waals surface area contributed by atoms with Crippen molar-refractivity contribution in [2.75, 3.05) is 7.11 Å². The van der Waals surface area contributed by atoms with E-state index in [0.717, 1.165) is 25.7 Å². The van der Waals surface area contributed by atoms with Gasteiger partial charge in [-0.2, -0.15) is 0 Å². The van der Waals surface area contributed by atoms with Gasteiger partial charge in [-0.15, -0.1) is 0 Å². The van der Waals surface area contributed by atoms with Crippen molar-refractivity contribution in [3.8, 4) is 0 Å². The third kappa shape index (κ3) is 19.4. The first-order chi connectivity index (χ1) is 11.5. The van der Waals surface area contributed by atoms with Crippen LogP contribution in [-0.4, -0.2) is 34.4 Å². The van der Waals surface area contributed by atoms with Crippen LogP contribution in [0.2, 0.25) is 0 Å². The second-order valence-electron chi connectivity index (χ2n) is 6.80. The molecule has 0 aromatic heterocycles. The summed E-state index contributed by atoms with van der Waals surface area (Å²) in [7, 11) is 1.44. The maximum Gasteiger partial charge on any atom is 0.305 e. The molecule has 0 amide bonds. The Morgan fingerprint density at radius 3 is 1.33 bits per heavy atom. The fraction of sp³-hybridized carbons (Fsp3) is 0.947. The molecule has 5 heteroatoms. The fourth-order valence-electron chi connectivity index (χ4n) is 2.85. The van der Waals surface area contributed by atoms with E-state index in [-0.39, 0.29) is 12.4 Å². The van der Waals surface area contributed by atoms with Gasteiger partial charge in [0.05, 0.1) is 7.11 Å². The summed E-state index contributed by atoms with van der Waals surface area (Å²) in [5.74, 6) is -2.58. The first-order valence-corrected chi connectivity index (χ1v) is 9.69. The zero-order valence-electron chi connectivity index (χ0n) is 15.5. The lowest BCUT2D eigenvalue weighted by molar-refractivity contribution is -0.315. The van der Waals surface area contributed by atoms with Crippen molar-refractivity contribution in [1.29, 1.82) is 0 Å². The summed E-state index contributed by atoms with van der Waals surface area (Å²) < 4.78 is 4.61. The smallest absolute Gasteiger partial charge is 0.305 e. The van der Waals surface area contributed by atoms with Gasteiger partial charge in [-0.1, -0.05) is 77.0 Å². The topological polar surface area (TPSA) is 87.0 Å². The highest BCUT2D eigenvalue weighted by Gasteiger charge is 2.16. The van der Waals surface area contributed by atoms with E-state index in [1.54, 1.807) is 0 Å². The maximum atomic E-state index is 10.9. The van der Waals surface area contributed by atoms with E-state index in [1.807, 2.05) is 0 Å². The van der Waals surface area contributed by atoms with E-state index in [2.05, 4.69) is 4.74 Å². The molecule has 0 aliphatic heterocycles. The lowest BCUT2D eigenvalue weighted by atomic mass is 10.0. The van der Waals surface area contributed by atoms with Gasteiger partial charge in [0.1, 0.15) is 0 Å². The SMILES string of the molecule is COC(=O)CCCCCCCCCCCCCCCCC(O)(O)O. The average Bonchev–Trinajstić information content (AvgIpc) is 2.53. The van der Waals surface area contributed by atoms with Gasteiger partial charge in [0.25, 0.3) is 5.97 Å². The number of carbonyl (C=O) groups excluding carboxylic acids is 1. The number of rotatable bonds is 17. The first-order valence-electron chi connectivity index (χ1n) is 9.69. The highest BCUT2D eigenvalue weighted by Crippen LogP contribution is 2.15. The number of unbranched alkanes of at least 4 members (excludes halogenated alkanes) is 13. The van der Waals surface area contributed by atoms with Crippen molar-refractivity contribution in [2.24, 2.45) is 0 Å². The van der Waals surface area contributed by atoms with Gasteiger partial charge in [-0.3, -0.25) is 4.79 Å². The van der Waals surface area contributed by atoms with Gasteiger partial charge < -0.3 is 20.1 Å². The molecule has 0 aromatic rings. The van der Waals surface area contributed by atoms with Crippen molar-refractivity contribution in [2.45, 2.75) is 109 Å². The highest BCUT2D eigenvalue weighted by atomic mass is 16.7. The van der Waals surface area contributed by atoms with E-state index < -0.39 is 5.97 Å². The Morgan fingerprint density at radius 2 is 1.00 bits per heavy atom. The summed E-state index contributed by atoms with van der Waals surface area (Å²) in [5.41, 5.74) is 0. The predicted molar refractivity (Wildman–Crippen MR) is 95.3 cm³/mol. The Bertz CT molecular complexity index is 286. The van der Waals surface area contributed by atoms with Crippen LogP contribution in [-0.2, 0) is 9.53 Å². The molecule has 0 rings (SSSR count). The molecule has 0 saturated carbocycles. The third-order valence-corrected chi connectivity index (χ3v) is 4.37. The van der Waals surface area contributed by atoms with E-state index in [9.17, 15) is 4.79 Å². The monoisotopic (exact) mass is 346 g/mol. The minimum Gasteiger partial charge on any atom is -0.469 e. The molecule has 0 aliphatic carbocycles. The molecule has 24 heavy (non-hydrogen) atoms. The van der Waals surface area contributed by atoms with Gasteiger partial charge in [0, 0.05) is 12.8 Å². The molecule has 5 nitrogen and oxygen atoms in total. The molecule has 0 saturated heterocycles. The Labute approximate surface area is 147 Å². The first kappa shape index (κ1) is 23.4. The van der Waals surface area contributed by atoms with Crippen molar-refractivity contribution < 1.29 is 24.9 Å². The van der Waals surface area contributed by atoms with E-state index in [0.29, 0.717) is 12.8 Å². The van der Waals surface area contributed by atoms with Crippen molar-refractivity contribution in [3.63, 3.8) is 0 Å². The summed E-state index contributed by atoms with van der Waals surface area (Å²) in [6.45, 7) is 0. The number of esters is 1. The number of carbonyl (C=O) groups is 1. The van der Waals surface area contributed by atoms with Crippen molar-refractivity contribution in [1.82, 2.24) is 0 Å². The van der Waals surface area contributed by atoms with Gasteiger partial charge in [-0.05, 0) is 12.8 Å². The van der Waals surface area contributed by atoms with Crippen LogP contribution >= 0.6 is 0 Å². The molecule has 0 bridgehead atoms. The molecule has 0 aromatic carbocycles. The predicted octanol–water partition coefficient (Wildman–Crippen LogP) is 4.03. The molecule has 3 N–H and O–H groups in total. The van der Waals surface area contributed by atoms with Gasteiger partial charge in [0.15, 0.2) is 0 Å². The summed E-state index contributed by atoms with van der Waals surface area (Å²) in [4.78, 5) is 10.9. The zero-order valence-corrected chi connectivity index (χ0v) is 15.5. The van der Waals surface area contributed by atoms with Crippen molar-refractivity contribution >= 4 is 5.97 Å². The number of hydrogen-bond donors (Lipinski definition) is 3. The van der Waals surface area contributed by atoms with Crippen LogP contribution in [0, 0.1) is 0 Å². The second kappa shape index (κ2) is 15.9. The summed E-state index contributed by atoms with van der Waals surface area (Å²) in [5, 5.41) is 26.2. The maximum absolute atomic E-state index is 10.9.